The number of fused-ring (bicyclic) bond motifs is 1. The third-order valence-electron chi connectivity index (χ3n) is 3.30. The first-order valence-electron chi connectivity index (χ1n) is 7.14. The highest BCUT2D eigenvalue weighted by molar-refractivity contribution is 6.01. The molecule has 2 rings (SSSR count). The maximum Gasteiger partial charge on any atom is 0.326 e. The summed E-state index contributed by atoms with van der Waals surface area (Å²) in [6.07, 6.45) is 1.31. The molecule has 5 nitrogen and oxygen atoms in total. The molecule has 1 aromatic carbocycles. The average molecular weight is 290 g/mol. The van der Waals surface area contributed by atoms with Crippen LogP contribution in [0.15, 0.2) is 24.3 Å². The molecule has 0 spiro atoms. The number of hydrogen-bond acceptors (Lipinski definition) is 4. The molecule has 0 unspecified atom stereocenters. The van der Waals surface area contributed by atoms with Crippen molar-refractivity contribution in [3.05, 3.63) is 29.8 Å². The number of amides is 1. The molecule has 0 aromatic heterocycles. The summed E-state index contributed by atoms with van der Waals surface area (Å²) in [4.78, 5) is 25.9. The van der Waals surface area contributed by atoms with Gasteiger partial charge in [0.25, 0.3) is 0 Å². The highest BCUT2D eigenvalue weighted by atomic mass is 16.6. The van der Waals surface area contributed by atoms with Crippen molar-refractivity contribution < 1.29 is 14.3 Å². The van der Waals surface area contributed by atoms with Crippen LogP contribution in [0.25, 0.3) is 0 Å². The first kappa shape index (κ1) is 15.5. The van der Waals surface area contributed by atoms with Crippen molar-refractivity contribution in [2.45, 2.75) is 45.3 Å². The molecule has 5 heteroatoms. The molecule has 0 bridgehead atoms. The van der Waals surface area contributed by atoms with Crippen molar-refractivity contribution in [3.63, 3.8) is 0 Å². The van der Waals surface area contributed by atoms with E-state index in [0.29, 0.717) is 6.42 Å². The van der Waals surface area contributed by atoms with E-state index in [2.05, 4.69) is 0 Å². The standard InChI is InChI=1S/C16H22N2O3/c1-16(2,3)21-14(19)10-18-13-7-5-4-6-11(13)8-9-12(17)15(18)20/h4-7,12H,8-10,17H2,1-3H3/t12-/m0/s1. The van der Waals surface area contributed by atoms with Gasteiger partial charge < -0.3 is 10.5 Å². The largest absolute Gasteiger partial charge is 0.459 e. The predicted octanol–water partition coefficient (Wildman–Crippen LogP) is 1.63. The van der Waals surface area contributed by atoms with E-state index in [9.17, 15) is 9.59 Å². The number of nitrogens with two attached hydrogens (primary N) is 1. The Labute approximate surface area is 125 Å². The van der Waals surface area contributed by atoms with Crippen molar-refractivity contribution in [2.24, 2.45) is 5.73 Å². The summed E-state index contributed by atoms with van der Waals surface area (Å²) in [5, 5.41) is 0. The van der Waals surface area contributed by atoms with E-state index in [-0.39, 0.29) is 12.5 Å². The highest BCUT2D eigenvalue weighted by Gasteiger charge is 2.30. The second-order valence-corrected chi connectivity index (χ2v) is 6.28. The lowest BCUT2D eigenvalue weighted by Gasteiger charge is -2.26. The molecule has 0 saturated carbocycles. The molecule has 1 amide bonds. The van der Waals surface area contributed by atoms with Crippen LogP contribution in [0.1, 0.15) is 32.8 Å². The Morgan fingerprint density at radius 2 is 2.05 bits per heavy atom. The van der Waals surface area contributed by atoms with Crippen LogP contribution in [-0.4, -0.2) is 30.1 Å². The molecule has 1 aliphatic heterocycles. The van der Waals surface area contributed by atoms with E-state index in [1.807, 2.05) is 24.3 Å². The van der Waals surface area contributed by atoms with Crippen LogP contribution >= 0.6 is 0 Å². The van der Waals surface area contributed by atoms with E-state index < -0.39 is 17.6 Å². The molecule has 1 aliphatic rings. The molecule has 1 heterocycles. The van der Waals surface area contributed by atoms with Crippen molar-refractivity contribution in [1.29, 1.82) is 0 Å². The first-order valence-corrected chi connectivity index (χ1v) is 7.14. The molecular weight excluding hydrogens is 268 g/mol. The quantitative estimate of drug-likeness (QED) is 0.840. The zero-order valence-corrected chi connectivity index (χ0v) is 12.8. The van der Waals surface area contributed by atoms with Crippen LogP contribution in [0.4, 0.5) is 5.69 Å². The van der Waals surface area contributed by atoms with Crippen LogP contribution in [0, 0.1) is 0 Å². The van der Waals surface area contributed by atoms with Gasteiger partial charge >= 0.3 is 5.97 Å². The lowest BCUT2D eigenvalue weighted by Crippen LogP contribution is -2.46. The van der Waals surface area contributed by atoms with Gasteiger partial charge in [-0.1, -0.05) is 18.2 Å². The van der Waals surface area contributed by atoms with Gasteiger partial charge in [0.2, 0.25) is 5.91 Å². The van der Waals surface area contributed by atoms with E-state index >= 15 is 0 Å². The van der Waals surface area contributed by atoms with E-state index in [1.54, 1.807) is 20.8 Å². The zero-order chi connectivity index (χ0) is 15.6. The van der Waals surface area contributed by atoms with Crippen LogP contribution in [0.5, 0.6) is 0 Å². The first-order chi connectivity index (χ1) is 9.78. The van der Waals surface area contributed by atoms with E-state index in [1.165, 1.54) is 4.90 Å². The van der Waals surface area contributed by atoms with Gasteiger partial charge in [-0.25, -0.2) is 0 Å². The van der Waals surface area contributed by atoms with Gasteiger partial charge in [0.1, 0.15) is 12.1 Å². The van der Waals surface area contributed by atoms with Crippen LogP contribution < -0.4 is 10.6 Å². The van der Waals surface area contributed by atoms with Gasteiger partial charge in [-0.3, -0.25) is 14.5 Å². The van der Waals surface area contributed by atoms with Crippen LogP contribution in [-0.2, 0) is 20.7 Å². The van der Waals surface area contributed by atoms with Crippen molar-refractivity contribution in [2.75, 3.05) is 11.4 Å². The van der Waals surface area contributed by atoms with Crippen molar-refractivity contribution in [1.82, 2.24) is 0 Å². The number of para-hydroxylation sites is 1. The molecule has 0 saturated heterocycles. The number of carbonyl (C=O) groups is 2. The maximum atomic E-state index is 12.4. The minimum atomic E-state index is -0.583. The zero-order valence-electron chi connectivity index (χ0n) is 12.8. The summed E-state index contributed by atoms with van der Waals surface area (Å²) in [6, 6.07) is 7.00. The Balaban J connectivity index is 2.26. The third-order valence-corrected chi connectivity index (χ3v) is 3.30. The smallest absolute Gasteiger partial charge is 0.326 e. The fourth-order valence-corrected chi connectivity index (χ4v) is 2.40. The molecule has 1 aromatic rings. The summed E-state index contributed by atoms with van der Waals surface area (Å²) in [7, 11) is 0. The van der Waals surface area contributed by atoms with Gasteiger partial charge in [0.05, 0.1) is 6.04 Å². The molecule has 114 valence electrons. The summed E-state index contributed by atoms with van der Waals surface area (Å²) >= 11 is 0. The number of ether oxygens (including phenoxy) is 1. The number of benzene rings is 1. The van der Waals surface area contributed by atoms with Crippen LogP contribution in [0.2, 0.25) is 0 Å². The Kier molecular flexibility index (Phi) is 4.32. The minimum absolute atomic E-state index is 0.110. The molecule has 0 radical (unpaired) electrons. The molecule has 1 atom stereocenters. The van der Waals surface area contributed by atoms with Gasteiger partial charge in [0, 0.05) is 5.69 Å². The lowest BCUT2D eigenvalue weighted by atomic mass is 10.1. The SMILES string of the molecule is CC(C)(C)OC(=O)CN1C(=O)[C@@H](N)CCc2ccccc21. The van der Waals surface area contributed by atoms with E-state index in [0.717, 1.165) is 17.7 Å². The fraction of sp³-hybridized carbons (Fsp3) is 0.500. The van der Waals surface area contributed by atoms with Gasteiger partial charge in [-0.15, -0.1) is 0 Å². The number of anilines is 1. The second-order valence-electron chi connectivity index (χ2n) is 6.28. The number of aryl methyl sites for hydroxylation is 1. The topological polar surface area (TPSA) is 72.6 Å². The number of nitrogens with zero attached hydrogens (tertiary/aromatic N) is 1. The molecule has 21 heavy (non-hydrogen) atoms. The van der Waals surface area contributed by atoms with Gasteiger partial charge in [0.15, 0.2) is 0 Å². The van der Waals surface area contributed by atoms with Gasteiger partial charge in [-0.05, 0) is 45.2 Å². The summed E-state index contributed by atoms with van der Waals surface area (Å²) in [5.41, 5.74) is 7.11. The number of hydrogen-bond donors (Lipinski definition) is 1. The molecule has 0 fully saturated rings. The highest BCUT2D eigenvalue weighted by Crippen LogP contribution is 2.26. The fourth-order valence-electron chi connectivity index (χ4n) is 2.40. The summed E-state index contributed by atoms with van der Waals surface area (Å²) in [5.74, 6) is -0.662. The Morgan fingerprint density at radius 1 is 1.38 bits per heavy atom. The number of carbonyl (C=O) groups excluding carboxylic acids is 2. The maximum absolute atomic E-state index is 12.4. The molecule has 0 aliphatic carbocycles. The lowest BCUT2D eigenvalue weighted by molar-refractivity contribution is -0.153. The number of rotatable bonds is 2. The second kappa shape index (κ2) is 5.85. The molecule has 2 N–H and O–H groups in total. The van der Waals surface area contributed by atoms with E-state index in [4.69, 9.17) is 10.5 Å². The summed E-state index contributed by atoms with van der Waals surface area (Å²) < 4.78 is 5.31. The monoisotopic (exact) mass is 290 g/mol. The van der Waals surface area contributed by atoms with Crippen LogP contribution in [0.3, 0.4) is 0 Å². The number of esters is 1. The molecular formula is C16H22N2O3. The predicted molar refractivity (Wildman–Crippen MR) is 80.9 cm³/mol. The van der Waals surface area contributed by atoms with Crippen molar-refractivity contribution in [3.8, 4) is 0 Å². The Bertz CT molecular complexity index is 549. The normalized spacial score (nSPS) is 19.0. The average Bonchev–Trinajstić information content (AvgIpc) is 2.49. The van der Waals surface area contributed by atoms with Crippen molar-refractivity contribution >= 4 is 17.6 Å². The van der Waals surface area contributed by atoms with Gasteiger partial charge in [-0.2, -0.15) is 0 Å². The Hall–Kier alpha value is -1.88. The third kappa shape index (κ3) is 3.82. The Morgan fingerprint density at radius 3 is 2.71 bits per heavy atom. The summed E-state index contributed by atoms with van der Waals surface area (Å²) in [6.45, 7) is 5.29. The minimum Gasteiger partial charge on any atom is -0.459 e.